The number of rotatable bonds is 39. The van der Waals surface area contributed by atoms with Gasteiger partial charge >= 0.3 is 7.82 Å². The Kier molecular flexibility index (Phi) is 38.5. The van der Waals surface area contributed by atoms with E-state index in [2.05, 4.69) is 67.8 Å². The van der Waals surface area contributed by atoms with Crippen LogP contribution in [0.1, 0.15) is 181 Å². The molecule has 0 aromatic rings. The third-order valence-corrected chi connectivity index (χ3v) is 10.0. The third-order valence-electron chi connectivity index (χ3n) is 9.07. The molecular formula is C44H81N2O6P. The van der Waals surface area contributed by atoms with E-state index < -0.39 is 20.0 Å². The van der Waals surface area contributed by atoms with Crippen molar-refractivity contribution in [1.82, 2.24) is 5.32 Å². The molecule has 0 fully saturated rings. The fourth-order valence-corrected chi connectivity index (χ4v) is 6.56. The van der Waals surface area contributed by atoms with E-state index in [1.807, 2.05) is 6.08 Å². The number of aliphatic hydroxyl groups excluding tert-OH is 1. The van der Waals surface area contributed by atoms with Gasteiger partial charge in [-0.3, -0.25) is 13.8 Å². The number of aliphatic hydroxyl groups is 1. The third kappa shape index (κ3) is 38.3. The molecule has 3 unspecified atom stereocenters. The van der Waals surface area contributed by atoms with Gasteiger partial charge in [0.1, 0.15) is 0 Å². The average molecular weight is 765 g/mol. The van der Waals surface area contributed by atoms with Gasteiger partial charge in [-0.15, -0.1) is 0 Å². The Morgan fingerprint density at radius 1 is 0.623 bits per heavy atom. The van der Waals surface area contributed by atoms with Crippen LogP contribution in [0.2, 0.25) is 0 Å². The van der Waals surface area contributed by atoms with Crippen LogP contribution in [0.5, 0.6) is 0 Å². The van der Waals surface area contributed by atoms with Crippen LogP contribution in [-0.4, -0.2) is 47.8 Å². The second kappa shape index (κ2) is 39.9. The Bertz CT molecular complexity index is 1010. The average Bonchev–Trinajstić information content (AvgIpc) is 3.14. The van der Waals surface area contributed by atoms with Crippen molar-refractivity contribution in [2.24, 2.45) is 5.73 Å². The zero-order valence-electron chi connectivity index (χ0n) is 34.0. The first kappa shape index (κ1) is 51.2. The van der Waals surface area contributed by atoms with E-state index in [1.165, 1.54) is 96.3 Å². The topological polar surface area (TPSA) is 131 Å². The van der Waals surface area contributed by atoms with Gasteiger partial charge in [-0.25, -0.2) is 4.57 Å². The van der Waals surface area contributed by atoms with Gasteiger partial charge in [0.05, 0.1) is 25.4 Å². The smallest absolute Gasteiger partial charge is 0.387 e. The van der Waals surface area contributed by atoms with Crippen molar-refractivity contribution in [3.8, 4) is 0 Å². The summed E-state index contributed by atoms with van der Waals surface area (Å²) in [4.78, 5) is 22.6. The number of allylic oxidation sites excluding steroid dienone is 9. The van der Waals surface area contributed by atoms with Crippen molar-refractivity contribution in [3.05, 3.63) is 60.8 Å². The summed E-state index contributed by atoms with van der Waals surface area (Å²) in [6.07, 6.45) is 49.9. The quantitative estimate of drug-likeness (QED) is 0.0278. The van der Waals surface area contributed by atoms with E-state index in [-0.39, 0.29) is 25.7 Å². The summed E-state index contributed by atoms with van der Waals surface area (Å²) in [6, 6.07) is -0.882. The van der Waals surface area contributed by atoms with Crippen molar-refractivity contribution in [3.63, 3.8) is 0 Å². The van der Waals surface area contributed by atoms with Crippen molar-refractivity contribution >= 4 is 13.7 Å². The molecule has 0 spiro atoms. The van der Waals surface area contributed by atoms with E-state index >= 15 is 0 Å². The zero-order chi connectivity index (χ0) is 38.9. The fraction of sp³-hybridized carbons (Fsp3) is 0.750. The van der Waals surface area contributed by atoms with Crippen LogP contribution in [0.15, 0.2) is 60.8 Å². The summed E-state index contributed by atoms with van der Waals surface area (Å²) in [5.41, 5.74) is 5.36. The lowest BCUT2D eigenvalue weighted by atomic mass is 10.1. The molecule has 8 nitrogen and oxygen atoms in total. The number of nitrogens with one attached hydrogen (secondary N) is 1. The Balaban J connectivity index is 4.19. The molecule has 3 atom stereocenters. The lowest BCUT2D eigenvalue weighted by Gasteiger charge is -2.23. The first-order valence-electron chi connectivity index (χ1n) is 21.4. The first-order chi connectivity index (χ1) is 25.9. The molecule has 1 amide bonds. The monoisotopic (exact) mass is 765 g/mol. The summed E-state index contributed by atoms with van der Waals surface area (Å²) in [7, 11) is -4.35. The summed E-state index contributed by atoms with van der Waals surface area (Å²) in [5.74, 6) is -0.215. The number of phosphoric acid groups is 1. The van der Waals surface area contributed by atoms with Crippen LogP contribution in [0.4, 0.5) is 0 Å². The molecule has 0 aliphatic carbocycles. The van der Waals surface area contributed by atoms with Crippen molar-refractivity contribution in [2.75, 3.05) is 19.8 Å². The van der Waals surface area contributed by atoms with Gasteiger partial charge in [-0.2, -0.15) is 0 Å². The van der Waals surface area contributed by atoms with Crippen LogP contribution < -0.4 is 11.1 Å². The largest absolute Gasteiger partial charge is 0.472 e. The molecule has 0 heterocycles. The van der Waals surface area contributed by atoms with Crippen molar-refractivity contribution in [2.45, 2.75) is 193 Å². The zero-order valence-corrected chi connectivity index (χ0v) is 34.9. The standard InChI is InChI=1S/C44H81N2O6P/c1-3-5-7-9-11-13-15-16-17-18-19-20-21-22-23-24-25-26-28-30-32-34-36-38-44(48)46-42(41-52-53(49,50)51-40-39-45)43(47)37-35-33-31-29-27-14-12-10-8-6-4-2/h15-16,18-19,21-22,27,29,35,37,42-43,47H,3-14,17,20,23-26,28,30-34,36,38-41,45H2,1-2H3,(H,46,48)(H,49,50)/b16-15-,19-18-,22-21-,29-27+,37-35+. The Morgan fingerprint density at radius 3 is 1.58 bits per heavy atom. The van der Waals surface area contributed by atoms with Crippen LogP contribution in [0.25, 0.3) is 0 Å². The van der Waals surface area contributed by atoms with Crippen molar-refractivity contribution in [1.29, 1.82) is 0 Å². The van der Waals surface area contributed by atoms with Gasteiger partial charge < -0.3 is 21.1 Å². The number of carbonyl (C=O) groups excluding carboxylic acids is 1. The van der Waals surface area contributed by atoms with Gasteiger partial charge in [0, 0.05) is 13.0 Å². The van der Waals surface area contributed by atoms with E-state index in [9.17, 15) is 19.4 Å². The minimum Gasteiger partial charge on any atom is -0.387 e. The van der Waals surface area contributed by atoms with Crippen LogP contribution in [-0.2, 0) is 18.4 Å². The minimum absolute atomic E-state index is 0.0701. The maximum atomic E-state index is 12.7. The summed E-state index contributed by atoms with van der Waals surface area (Å²) in [5, 5.41) is 13.6. The maximum absolute atomic E-state index is 12.7. The van der Waals surface area contributed by atoms with E-state index in [1.54, 1.807) is 6.08 Å². The maximum Gasteiger partial charge on any atom is 0.472 e. The molecule has 0 bridgehead atoms. The minimum atomic E-state index is -4.35. The summed E-state index contributed by atoms with van der Waals surface area (Å²) in [6.45, 7) is 4.05. The highest BCUT2D eigenvalue weighted by Gasteiger charge is 2.26. The van der Waals surface area contributed by atoms with Crippen LogP contribution in [0.3, 0.4) is 0 Å². The molecule has 0 aromatic heterocycles. The predicted octanol–water partition coefficient (Wildman–Crippen LogP) is 11.9. The second-order valence-corrected chi connectivity index (χ2v) is 15.6. The lowest BCUT2D eigenvalue weighted by molar-refractivity contribution is -0.123. The highest BCUT2D eigenvalue weighted by Crippen LogP contribution is 2.43. The first-order valence-corrected chi connectivity index (χ1v) is 22.9. The van der Waals surface area contributed by atoms with Crippen LogP contribution in [0, 0.1) is 0 Å². The lowest BCUT2D eigenvalue weighted by Crippen LogP contribution is -2.45. The number of hydrogen-bond donors (Lipinski definition) is 4. The summed E-state index contributed by atoms with van der Waals surface area (Å²) < 4.78 is 22.0. The molecule has 53 heavy (non-hydrogen) atoms. The molecule has 0 aliphatic rings. The molecule has 0 saturated carbocycles. The number of carbonyl (C=O) groups is 1. The Labute approximate surface area is 325 Å². The molecule has 308 valence electrons. The molecule has 0 saturated heterocycles. The molecular weight excluding hydrogens is 683 g/mol. The highest BCUT2D eigenvalue weighted by molar-refractivity contribution is 7.47. The normalized spacial score (nSPS) is 14.7. The Morgan fingerprint density at radius 2 is 1.06 bits per heavy atom. The second-order valence-electron chi connectivity index (χ2n) is 14.2. The fourth-order valence-electron chi connectivity index (χ4n) is 5.80. The predicted molar refractivity (Wildman–Crippen MR) is 226 cm³/mol. The van der Waals surface area contributed by atoms with Gasteiger partial charge in [0.15, 0.2) is 0 Å². The van der Waals surface area contributed by atoms with E-state index in [0.29, 0.717) is 6.42 Å². The van der Waals surface area contributed by atoms with Crippen molar-refractivity contribution < 1.29 is 28.4 Å². The number of unbranched alkanes of at least 4 members (excludes halogenated alkanes) is 19. The Hall–Kier alpha value is -1.80. The van der Waals surface area contributed by atoms with E-state index in [0.717, 1.165) is 64.2 Å². The molecule has 0 aromatic carbocycles. The molecule has 5 N–H and O–H groups in total. The molecule has 0 rings (SSSR count). The van der Waals surface area contributed by atoms with Gasteiger partial charge in [-0.05, 0) is 70.6 Å². The molecule has 0 radical (unpaired) electrons. The number of amides is 1. The van der Waals surface area contributed by atoms with Crippen LogP contribution >= 0.6 is 7.82 Å². The number of phosphoric ester groups is 1. The van der Waals surface area contributed by atoms with Gasteiger partial charge in [0.2, 0.25) is 5.91 Å². The number of hydrogen-bond acceptors (Lipinski definition) is 6. The van der Waals surface area contributed by atoms with Gasteiger partial charge in [-0.1, -0.05) is 164 Å². The van der Waals surface area contributed by atoms with Gasteiger partial charge in [0.25, 0.3) is 0 Å². The SMILES string of the molecule is CCCCCCC/C=C\C/C=C\C/C=C\CCCCCCCCCCC(=O)NC(COP(=O)(O)OCCN)C(O)/C=C/CC/C=C/CCCCCCC. The molecule has 0 aliphatic heterocycles. The highest BCUT2D eigenvalue weighted by atomic mass is 31.2. The summed E-state index contributed by atoms with van der Waals surface area (Å²) >= 11 is 0. The molecule has 9 heteroatoms. The van der Waals surface area contributed by atoms with E-state index in [4.69, 9.17) is 14.8 Å². The number of nitrogens with two attached hydrogens (primary N) is 1.